The van der Waals surface area contributed by atoms with E-state index in [1.165, 1.54) is 7.11 Å². The third kappa shape index (κ3) is 9.97. The van der Waals surface area contributed by atoms with Crippen LogP contribution in [-0.2, 0) is 14.2 Å². The first kappa shape index (κ1) is 42.1. The summed E-state index contributed by atoms with van der Waals surface area (Å²) in [5.41, 5.74) is 8.65. The van der Waals surface area contributed by atoms with Crippen LogP contribution >= 0.6 is 0 Å². The third-order valence-electron chi connectivity index (χ3n) is 10.2. The number of hydrogen-bond acceptors (Lipinski definition) is 8. The van der Waals surface area contributed by atoms with E-state index in [1.807, 2.05) is 45.9 Å². The zero-order valence-corrected chi connectivity index (χ0v) is 33.3. The van der Waals surface area contributed by atoms with Crippen molar-refractivity contribution < 1.29 is 63.9 Å². The Morgan fingerprint density at radius 1 is 0.667 bits per heavy atom. The SMILES string of the molecule is COC(=O)c1ccc(C)c(-c2nc(C3CCC(OC)CC3)[nH]c2C)c1.COC1CCC(c2nc(-c3cc(C(=O)O)ccc3C)c(C)[nH]2)CC1.[Na+].[OH-]. The van der Waals surface area contributed by atoms with Gasteiger partial charge in [-0.05, 0) is 114 Å². The summed E-state index contributed by atoms with van der Waals surface area (Å²) in [5, 5.41) is 9.23. The van der Waals surface area contributed by atoms with Crippen LogP contribution in [0.1, 0.15) is 118 Å². The van der Waals surface area contributed by atoms with Crippen LogP contribution in [0, 0.1) is 27.7 Å². The number of rotatable bonds is 8. The van der Waals surface area contributed by atoms with Crippen molar-refractivity contribution in [3.05, 3.63) is 81.7 Å². The molecule has 2 heterocycles. The molecule has 11 nitrogen and oxygen atoms in total. The normalized spacial score (nSPS) is 19.9. The number of nitrogens with one attached hydrogen (secondary N) is 2. The minimum Gasteiger partial charge on any atom is -0.870 e. The quantitative estimate of drug-likeness (QED) is 0.167. The largest absolute Gasteiger partial charge is 1.00 e. The molecule has 2 aromatic heterocycles. The van der Waals surface area contributed by atoms with Gasteiger partial charge in [-0.25, -0.2) is 19.6 Å². The van der Waals surface area contributed by atoms with Gasteiger partial charge in [0, 0.05) is 48.6 Å². The molecule has 2 fully saturated rings. The van der Waals surface area contributed by atoms with Gasteiger partial charge in [0.25, 0.3) is 0 Å². The van der Waals surface area contributed by atoms with Gasteiger partial charge in [0.1, 0.15) is 11.6 Å². The van der Waals surface area contributed by atoms with Gasteiger partial charge in [0.05, 0.1) is 41.8 Å². The number of methoxy groups -OCH3 is 3. The second kappa shape index (κ2) is 19.0. The molecule has 51 heavy (non-hydrogen) atoms. The Morgan fingerprint density at radius 2 is 1.06 bits per heavy atom. The Kier molecular flexibility index (Phi) is 15.6. The van der Waals surface area contributed by atoms with Crippen LogP contribution in [0.25, 0.3) is 22.5 Å². The summed E-state index contributed by atoms with van der Waals surface area (Å²) in [4.78, 5) is 39.7. The minimum atomic E-state index is -0.914. The number of esters is 1. The molecular weight excluding hydrogens is 659 g/mol. The van der Waals surface area contributed by atoms with Crippen LogP contribution in [0.2, 0.25) is 0 Å². The van der Waals surface area contributed by atoms with Crippen molar-refractivity contribution in [3.8, 4) is 22.5 Å². The number of carboxylic acids is 1. The Labute approximate surface area is 322 Å². The van der Waals surface area contributed by atoms with Gasteiger partial charge in [-0.3, -0.25) is 0 Å². The summed E-state index contributed by atoms with van der Waals surface area (Å²) in [6.07, 6.45) is 9.33. The Morgan fingerprint density at radius 3 is 1.43 bits per heavy atom. The molecule has 2 aliphatic carbocycles. The van der Waals surface area contributed by atoms with E-state index in [1.54, 1.807) is 32.4 Å². The number of ether oxygens (including phenoxy) is 3. The molecule has 0 saturated heterocycles. The average Bonchev–Trinajstić information content (AvgIpc) is 3.70. The fourth-order valence-electron chi connectivity index (χ4n) is 7.15. The monoisotopic (exact) mass is 710 g/mol. The van der Waals surface area contributed by atoms with Gasteiger partial charge < -0.3 is 34.8 Å². The Balaban J connectivity index is 0.000000265. The molecule has 4 N–H and O–H groups in total. The number of nitrogens with zero attached hydrogens (tertiary/aromatic N) is 2. The number of H-pyrrole nitrogens is 2. The first-order valence-electron chi connectivity index (χ1n) is 17.2. The Hall–Kier alpha value is -3.32. The molecule has 0 aliphatic heterocycles. The zero-order chi connectivity index (χ0) is 35.2. The van der Waals surface area contributed by atoms with Crippen LogP contribution in [0.5, 0.6) is 0 Å². The van der Waals surface area contributed by atoms with E-state index in [2.05, 4.69) is 9.97 Å². The minimum absolute atomic E-state index is 0. The predicted molar refractivity (Wildman–Crippen MR) is 191 cm³/mol. The van der Waals surface area contributed by atoms with Gasteiger partial charge in [0.15, 0.2) is 0 Å². The van der Waals surface area contributed by atoms with Crippen molar-refractivity contribution in [2.45, 2.75) is 103 Å². The van der Waals surface area contributed by atoms with Crippen molar-refractivity contribution >= 4 is 11.9 Å². The van der Waals surface area contributed by atoms with Gasteiger partial charge in [0.2, 0.25) is 0 Å². The Bertz CT molecular complexity index is 1770. The maximum absolute atomic E-state index is 11.8. The van der Waals surface area contributed by atoms with Crippen molar-refractivity contribution in [2.24, 2.45) is 0 Å². The van der Waals surface area contributed by atoms with E-state index in [0.717, 1.165) is 108 Å². The zero-order valence-electron chi connectivity index (χ0n) is 31.3. The van der Waals surface area contributed by atoms with E-state index in [-0.39, 0.29) is 41.0 Å². The van der Waals surface area contributed by atoms with Crippen LogP contribution in [0.15, 0.2) is 36.4 Å². The van der Waals surface area contributed by atoms with E-state index < -0.39 is 5.97 Å². The van der Waals surface area contributed by atoms with E-state index in [9.17, 15) is 14.7 Å². The molecule has 12 heteroatoms. The van der Waals surface area contributed by atoms with Crippen molar-refractivity contribution in [1.29, 1.82) is 0 Å². The molecule has 4 aromatic rings. The predicted octanol–water partition coefficient (Wildman–Crippen LogP) is 5.04. The van der Waals surface area contributed by atoms with Crippen LogP contribution < -0.4 is 29.6 Å². The van der Waals surface area contributed by atoms with Gasteiger partial charge in [-0.1, -0.05) is 12.1 Å². The number of carboxylic acid groups (broad SMARTS) is 1. The van der Waals surface area contributed by atoms with Crippen molar-refractivity contribution in [3.63, 3.8) is 0 Å². The van der Waals surface area contributed by atoms with Gasteiger partial charge in [-0.15, -0.1) is 0 Å². The van der Waals surface area contributed by atoms with Crippen molar-refractivity contribution in [2.75, 3.05) is 21.3 Å². The summed E-state index contributed by atoms with van der Waals surface area (Å²) < 4.78 is 15.7. The first-order valence-corrected chi connectivity index (χ1v) is 17.2. The standard InChI is InChI=1S/C20H26N2O3.C19H24N2O3.Na.H2O/c1-12-5-6-15(20(23)25-4)11-17(12)18-13(2)21-19(22-18)14-7-9-16(24-3)10-8-14;1-11-4-5-14(19(22)23)10-16(11)17-12(2)20-18(21-17)13-6-8-15(24-3)9-7-13;;/h5-6,11,14,16H,7-10H2,1-4H3,(H,21,22);4-5,10,13,15H,6-9H2,1-3H3,(H,20,21)(H,22,23);;1H2/q;;+1;/p-1. The molecule has 2 saturated carbocycles. The summed E-state index contributed by atoms with van der Waals surface area (Å²) in [5.74, 6) is 1.69. The van der Waals surface area contributed by atoms with E-state index in [0.29, 0.717) is 35.2 Å². The third-order valence-corrected chi connectivity index (χ3v) is 10.2. The maximum Gasteiger partial charge on any atom is 1.00 e. The number of carbonyl (C=O) groups excluding carboxylic acids is 1. The molecule has 270 valence electrons. The second-order valence-corrected chi connectivity index (χ2v) is 13.5. The number of hydrogen-bond donors (Lipinski definition) is 3. The molecule has 6 rings (SSSR count). The number of aromatic carboxylic acids is 1. The fourth-order valence-corrected chi connectivity index (χ4v) is 7.15. The molecule has 0 radical (unpaired) electrons. The number of benzene rings is 2. The maximum atomic E-state index is 11.8. The van der Waals surface area contributed by atoms with Crippen LogP contribution in [0.3, 0.4) is 0 Å². The van der Waals surface area contributed by atoms with Crippen LogP contribution in [-0.4, -0.2) is 76.0 Å². The summed E-state index contributed by atoms with van der Waals surface area (Å²) in [6.45, 7) is 8.06. The molecule has 2 aliphatic rings. The number of carbonyl (C=O) groups is 2. The van der Waals surface area contributed by atoms with E-state index in [4.69, 9.17) is 24.2 Å². The molecular formula is C39H51N4NaO7. The number of aromatic amines is 2. The average molecular weight is 711 g/mol. The van der Waals surface area contributed by atoms with Crippen molar-refractivity contribution in [1.82, 2.24) is 19.9 Å². The number of aromatic nitrogens is 4. The van der Waals surface area contributed by atoms with Crippen LogP contribution in [0.4, 0.5) is 0 Å². The molecule has 0 unspecified atom stereocenters. The van der Waals surface area contributed by atoms with E-state index >= 15 is 0 Å². The fraction of sp³-hybridized carbons (Fsp3) is 0.487. The second-order valence-electron chi connectivity index (χ2n) is 13.5. The number of aryl methyl sites for hydroxylation is 4. The topological polar surface area (TPSA) is 169 Å². The van der Waals surface area contributed by atoms with Gasteiger partial charge >= 0.3 is 41.5 Å². The summed E-state index contributed by atoms with van der Waals surface area (Å²) >= 11 is 0. The molecule has 0 spiro atoms. The number of imidazole rings is 2. The van der Waals surface area contributed by atoms with Gasteiger partial charge in [-0.2, -0.15) is 0 Å². The first-order chi connectivity index (χ1) is 23.5. The summed E-state index contributed by atoms with van der Waals surface area (Å²) in [7, 11) is 4.96. The molecule has 0 bridgehead atoms. The molecule has 0 atom stereocenters. The summed E-state index contributed by atoms with van der Waals surface area (Å²) in [6, 6.07) is 10.8. The molecule has 2 aromatic carbocycles. The molecule has 0 amide bonds. The smallest absolute Gasteiger partial charge is 0.870 e.